The molecule has 1 aromatic heterocycles. The van der Waals surface area contributed by atoms with Gasteiger partial charge in [0, 0.05) is 12.6 Å². The molecule has 116 valence electrons. The molecule has 0 aliphatic heterocycles. The van der Waals surface area contributed by atoms with Crippen molar-refractivity contribution in [3.8, 4) is 0 Å². The van der Waals surface area contributed by atoms with E-state index in [2.05, 4.69) is 10.3 Å². The van der Waals surface area contributed by atoms with Crippen LogP contribution in [0, 0.1) is 16.0 Å². The second kappa shape index (κ2) is 6.49. The Bertz CT molecular complexity index is 592. The number of carbonyl (C=O) groups is 1. The first-order chi connectivity index (χ1) is 9.62. The molecule has 0 aliphatic rings. The number of aromatic nitrogens is 1. The van der Waals surface area contributed by atoms with Crippen LogP contribution in [0.25, 0.3) is 0 Å². The standard InChI is InChI=1S/C13H19N3O5/c1-8(2)5-13(3,19)7-15-12(18)10-4-9(16(20)21)6-14-11(10)17/h4,6,8,19H,5,7H2,1-3H3,(H,14,17)(H,15,18). The van der Waals surface area contributed by atoms with Crippen LogP contribution in [0.3, 0.4) is 0 Å². The summed E-state index contributed by atoms with van der Waals surface area (Å²) in [5.74, 6) is -0.526. The zero-order valence-electron chi connectivity index (χ0n) is 12.2. The number of aliphatic hydroxyl groups is 1. The van der Waals surface area contributed by atoms with Gasteiger partial charge in [-0.05, 0) is 19.3 Å². The van der Waals surface area contributed by atoms with Crippen molar-refractivity contribution in [3.05, 3.63) is 38.3 Å². The van der Waals surface area contributed by atoms with Crippen LogP contribution >= 0.6 is 0 Å². The van der Waals surface area contributed by atoms with E-state index in [1.54, 1.807) is 6.92 Å². The van der Waals surface area contributed by atoms with E-state index < -0.39 is 22.0 Å². The summed E-state index contributed by atoms with van der Waals surface area (Å²) in [6.45, 7) is 5.39. The summed E-state index contributed by atoms with van der Waals surface area (Å²) in [7, 11) is 0. The lowest BCUT2D eigenvalue weighted by molar-refractivity contribution is -0.385. The number of hydrogen-bond donors (Lipinski definition) is 3. The molecular weight excluding hydrogens is 278 g/mol. The van der Waals surface area contributed by atoms with Crippen molar-refractivity contribution in [2.75, 3.05) is 6.54 Å². The summed E-state index contributed by atoms with van der Waals surface area (Å²) in [5.41, 5.74) is -2.57. The fourth-order valence-corrected chi connectivity index (χ4v) is 2.06. The monoisotopic (exact) mass is 297 g/mol. The van der Waals surface area contributed by atoms with Crippen LogP contribution in [0.1, 0.15) is 37.6 Å². The number of amides is 1. The van der Waals surface area contributed by atoms with Crippen LogP contribution in [-0.2, 0) is 0 Å². The SMILES string of the molecule is CC(C)CC(C)(O)CNC(=O)c1cc([N+](=O)[O-])c[nH]c1=O. The van der Waals surface area contributed by atoms with E-state index in [4.69, 9.17) is 0 Å². The van der Waals surface area contributed by atoms with Crippen LogP contribution in [0.15, 0.2) is 17.1 Å². The molecule has 0 spiro atoms. The van der Waals surface area contributed by atoms with Crippen molar-refractivity contribution in [3.63, 3.8) is 0 Å². The number of hydrogen-bond acceptors (Lipinski definition) is 5. The van der Waals surface area contributed by atoms with Crippen molar-refractivity contribution in [2.45, 2.75) is 32.8 Å². The predicted molar refractivity (Wildman–Crippen MR) is 76.1 cm³/mol. The summed E-state index contributed by atoms with van der Waals surface area (Å²) in [6.07, 6.45) is 1.40. The van der Waals surface area contributed by atoms with Gasteiger partial charge in [-0.3, -0.25) is 19.7 Å². The van der Waals surface area contributed by atoms with Crippen LogP contribution in [0.2, 0.25) is 0 Å². The van der Waals surface area contributed by atoms with E-state index >= 15 is 0 Å². The molecule has 1 amide bonds. The lowest BCUT2D eigenvalue weighted by Gasteiger charge is -2.25. The minimum atomic E-state index is -1.11. The van der Waals surface area contributed by atoms with Gasteiger partial charge in [0.15, 0.2) is 0 Å². The zero-order valence-corrected chi connectivity index (χ0v) is 12.2. The maximum absolute atomic E-state index is 11.9. The van der Waals surface area contributed by atoms with E-state index in [-0.39, 0.29) is 23.7 Å². The van der Waals surface area contributed by atoms with E-state index in [9.17, 15) is 24.8 Å². The second-order valence-electron chi connectivity index (χ2n) is 5.64. The third kappa shape index (κ3) is 4.99. The molecule has 8 heteroatoms. The van der Waals surface area contributed by atoms with Gasteiger partial charge in [-0.1, -0.05) is 13.8 Å². The highest BCUT2D eigenvalue weighted by atomic mass is 16.6. The molecule has 0 radical (unpaired) electrons. The van der Waals surface area contributed by atoms with Gasteiger partial charge in [0.25, 0.3) is 17.2 Å². The average molecular weight is 297 g/mol. The topological polar surface area (TPSA) is 125 Å². The number of carbonyl (C=O) groups excluding carboxylic acids is 1. The molecule has 8 nitrogen and oxygen atoms in total. The first-order valence-electron chi connectivity index (χ1n) is 6.50. The van der Waals surface area contributed by atoms with Crippen molar-refractivity contribution in [2.24, 2.45) is 5.92 Å². The Labute approximate surface area is 121 Å². The van der Waals surface area contributed by atoms with Gasteiger partial charge >= 0.3 is 0 Å². The van der Waals surface area contributed by atoms with E-state index in [1.165, 1.54) is 0 Å². The summed E-state index contributed by atoms with van der Waals surface area (Å²) in [6, 6.07) is 0.908. The number of rotatable bonds is 6. The molecule has 1 heterocycles. The number of pyridine rings is 1. The van der Waals surface area contributed by atoms with Gasteiger partial charge < -0.3 is 15.4 Å². The van der Waals surface area contributed by atoms with Crippen LogP contribution in [-0.4, -0.2) is 33.1 Å². The van der Waals surface area contributed by atoms with E-state index in [0.29, 0.717) is 6.42 Å². The number of nitrogens with zero attached hydrogens (tertiary/aromatic N) is 1. The molecule has 1 unspecified atom stereocenters. The Kier molecular flexibility index (Phi) is 5.20. The third-order valence-corrected chi connectivity index (χ3v) is 2.82. The Balaban J connectivity index is 2.83. The Morgan fingerprint density at radius 2 is 2.19 bits per heavy atom. The van der Waals surface area contributed by atoms with Crippen LogP contribution in [0.5, 0.6) is 0 Å². The van der Waals surface area contributed by atoms with Crippen molar-refractivity contribution in [1.82, 2.24) is 10.3 Å². The fraction of sp³-hybridized carbons (Fsp3) is 0.538. The maximum Gasteiger partial charge on any atom is 0.286 e. The number of aromatic amines is 1. The van der Waals surface area contributed by atoms with Gasteiger partial charge in [0.05, 0.1) is 16.7 Å². The number of nitro groups is 1. The molecule has 21 heavy (non-hydrogen) atoms. The van der Waals surface area contributed by atoms with E-state index in [0.717, 1.165) is 12.3 Å². The van der Waals surface area contributed by atoms with E-state index in [1.807, 2.05) is 13.8 Å². The van der Waals surface area contributed by atoms with Gasteiger partial charge in [0.2, 0.25) is 0 Å². The Hall–Kier alpha value is -2.22. The molecule has 3 N–H and O–H groups in total. The molecule has 0 aliphatic carbocycles. The molecule has 0 fully saturated rings. The molecule has 1 aromatic rings. The minimum absolute atomic E-state index is 0.0495. The predicted octanol–water partition coefficient (Wildman–Crippen LogP) is 0.810. The highest BCUT2D eigenvalue weighted by Crippen LogP contribution is 2.15. The van der Waals surface area contributed by atoms with Gasteiger partial charge in [-0.15, -0.1) is 0 Å². The molecule has 0 bridgehead atoms. The van der Waals surface area contributed by atoms with Crippen molar-refractivity contribution >= 4 is 11.6 Å². The smallest absolute Gasteiger partial charge is 0.286 e. The first-order valence-corrected chi connectivity index (χ1v) is 6.50. The van der Waals surface area contributed by atoms with Crippen LogP contribution < -0.4 is 10.9 Å². The van der Waals surface area contributed by atoms with Crippen molar-refractivity contribution in [1.29, 1.82) is 0 Å². The van der Waals surface area contributed by atoms with Gasteiger partial charge in [-0.2, -0.15) is 0 Å². The normalized spacial score (nSPS) is 13.8. The maximum atomic E-state index is 11.9. The molecule has 0 saturated carbocycles. The molecule has 0 aromatic carbocycles. The highest BCUT2D eigenvalue weighted by Gasteiger charge is 2.24. The minimum Gasteiger partial charge on any atom is -0.388 e. The highest BCUT2D eigenvalue weighted by molar-refractivity contribution is 5.94. The number of nitrogens with one attached hydrogen (secondary N) is 2. The number of H-pyrrole nitrogens is 1. The third-order valence-electron chi connectivity index (χ3n) is 2.82. The second-order valence-corrected chi connectivity index (χ2v) is 5.64. The Morgan fingerprint density at radius 1 is 1.57 bits per heavy atom. The first kappa shape index (κ1) is 16.8. The zero-order chi connectivity index (χ0) is 16.2. The summed E-state index contributed by atoms with van der Waals surface area (Å²) in [5, 5.41) is 23.1. The summed E-state index contributed by atoms with van der Waals surface area (Å²) >= 11 is 0. The summed E-state index contributed by atoms with van der Waals surface area (Å²) < 4.78 is 0. The van der Waals surface area contributed by atoms with Crippen LogP contribution in [0.4, 0.5) is 5.69 Å². The Morgan fingerprint density at radius 3 is 2.71 bits per heavy atom. The summed E-state index contributed by atoms with van der Waals surface area (Å²) in [4.78, 5) is 35.5. The molecule has 1 atom stereocenters. The largest absolute Gasteiger partial charge is 0.388 e. The lowest BCUT2D eigenvalue weighted by Crippen LogP contribution is -2.42. The van der Waals surface area contributed by atoms with Gasteiger partial charge in [0.1, 0.15) is 5.56 Å². The lowest BCUT2D eigenvalue weighted by atomic mass is 9.94. The van der Waals surface area contributed by atoms with Crippen molar-refractivity contribution < 1.29 is 14.8 Å². The molecule has 1 rings (SSSR count). The average Bonchev–Trinajstić information content (AvgIpc) is 2.34. The quantitative estimate of drug-likeness (QED) is 0.529. The molecular formula is C13H19N3O5. The molecule has 0 saturated heterocycles. The fourth-order valence-electron chi connectivity index (χ4n) is 2.06. The van der Waals surface area contributed by atoms with Gasteiger partial charge in [-0.25, -0.2) is 0 Å².